The average molecular weight is 900 g/mol. The Balaban J connectivity index is 1.21. The Morgan fingerprint density at radius 1 is 0.855 bits per heavy atom. The Bertz CT molecular complexity index is 3210. The zero-order valence-electron chi connectivity index (χ0n) is 32.3. The average Bonchev–Trinajstić information content (AvgIpc) is 3.59. The molecule has 0 bridgehead atoms. The molecule has 1 saturated heterocycles. The van der Waals surface area contributed by atoms with E-state index in [2.05, 4.69) is 4.98 Å². The van der Waals surface area contributed by atoms with Crippen molar-refractivity contribution in [2.45, 2.75) is 47.6 Å². The number of allylic oxidation sites excluding steroid dienone is 2. The van der Waals surface area contributed by atoms with Crippen LogP contribution in [0.2, 0.25) is 0 Å². The zero-order valence-corrected chi connectivity index (χ0v) is 33.8. The summed E-state index contributed by atoms with van der Waals surface area (Å²) in [5.41, 5.74) is -3.69. The molecule has 4 aromatic carbocycles. The van der Waals surface area contributed by atoms with Crippen molar-refractivity contribution in [2.75, 3.05) is 19.1 Å². The zero-order chi connectivity index (χ0) is 44.5. The maximum absolute atomic E-state index is 15.5. The Kier molecular flexibility index (Phi) is 9.26. The van der Waals surface area contributed by atoms with Crippen molar-refractivity contribution < 1.29 is 46.1 Å². The molecule has 2 aliphatic heterocycles. The van der Waals surface area contributed by atoms with Crippen molar-refractivity contribution in [2.24, 2.45) is 7.05 Å². The number of halogens is 7. The predicted octanol–water partition coefficient (Wildman–Crippen LogP) is 5.07. The number of benzene rings is 4. The van der Waals surface area contributed by atoms with Gasteiger partial charge in [-0.1, -0.05) is 36.4 Å². The molecule has 4 atom stereocenters. The van der Waals surface area contributed by atoms with E-state index in [1.807, 2.05) is 0 Å². The fourth-order valence-corrected chi connectivity index (χ4v) is 9.96. The van der Waals surface area contributed by atoms with Crippen molar-refractivity contribution in [3.05, 3.63) is 132 Å². The summed E-state index contributed by atoms with van der Waals surface area (Å²) in [6, 6.07) is 10.8. The molecule has 320 valence electrons. The summed E-state index contributed by atoms with van der Waals surface area (Å²) >= 11 is 14.5. The molecular formula is C41H29Cl2F5N6O8. The van der Waals surface area contributed by atoms with Gasteiger partial charge in [-0.15, -0.1) is 23.2 Å². The minimum Gasteiger partial charge on any atom is -0.508 e. The van der Waals surface area contributed by atoms with E-state index in [1.165, 1.54) is 50.1 Å². The number of imide groups is 1. The highest BCUT2D eigenvalue weighted by Gasteiger charge is 2.76. The monoisotopic (exact) mass is 898 g/mol. The molecule has 0 radical (unpaired) electrons. The number of fused-ring (bicyclic) bond motifs is 6. The fourth-order valence-electron chi connectivity index (χ4n) is 9.06. The van der Waals surface area contributed by atoms with Gasteiger partial charge in [-0.05, 0) is 22.4 Å². The van der Waals surface area contributed by atoms with Gasteiger partial charge in [-0.25, -0.2) is 55.4 Å². The Morgan fingerprint density at radius 2 is 1.50 bits per heavy atom. The third-order valence-electron chi connectivity index (χ3n) is 12.0. The Hall–Kier alpha value is -6.47. The topological polar surface area (TPSA) is 160 Å². The van der Waals surface area contributed by atoms with Crippen LogP contribution in [0.3, 0.4) is 0 Å². The van der Waals surface area contributed by atoms with Gasteiger partial charge in [-0.3, -0.25) is 14.4 Å². The summed E-state index contributed by atoms with van der Waals surface area (Å²) in [5, 5.41) is 12.3. The number of nitrogens with zero attached hydrogens (tertiary/aromatic N) is 6. The molecule has 6 aromatic rings. The Morgan fingerprint density at radius 3 is 2.18 bits per heavy atom. The van der Waals surface area contributed by atoms with Crippen LogP contribution in [0.4, 0.5) is 27.6 Å². The number of carbonyl (C=O) groups excluding carboxylic acids is 2. The first-order valence-electron chi connectivity index (χ1n) is 18.6. The molecule has 3 aliphatic rings. The van der Waals surface area contributed by atoms with Crippen molar-refractivity contribution >= 4 is 62.5 Å². The molecule has 62 heavy (non-hydrogen) atoms. The van der Waals surface area contributed by atoms with Crippen LogP contribution in [0, 0.1) is 29.1 Å². The first-order chi connectivity index (χ1) is 29.4. The number of phenols is 1. The van der Waals surface area contributed by atoms with Gasteiger partial charge >= 0.3 is 11.4 Å². The number of ether oxygens (including phenoxy) is 2. The van der Waals surface area contributed by atoms with Crippen molar-refractivity contribution in [3.8, 4) is 17.2 Å². The van der Waals surface area contributed by atoms with Crippen LogP contribution in [0.25, 0.3) is 21.8 Å². The molecule has 0 spiro atoms. The van der Waals surface area contributed by atoms with Gasteiger partial charge < -0.3 is 19.1 Å². The van der Waals surface area contributed by atoms with E-state index < -0.39 is 104 Å². The van der Waals surface area contributed by atoms with Crippen LogP contribution in [0.5, 0.6) is 17.2 Å². The second-order valence-electron chi connectivity index (χ2n) is 15.0. The SMILES string of the molecule is COc1cc2nc(CCn3c(=O)n4n(c3=O)C3CC5(Cl)C(=O)N(c6c(F)c(F)c(F)c(F)c6F)C(=O)C5(Cl)C(c5c(O)ccc6ccccc56)C3=CC4)c(=O)n(C)c2cc1OC. The number of amides is 2. The summed E-state index contributed by atoms with van der Waals surface area (Å²) in [6.07, 6.45) is 0.342. The number of hydrogen-bond acceptors (Lipinski definition) is 9. The number of carbonyl (C=O) groups is 2. The molecule has 2 fully saturated rings. The molecule has 2 aromatic heterocycles. The van der Waals surface area contributed by atoms with Crippen molar-refractivity contribution in [3.63, 3.8) is 0 Å². The highest BCUT2D eigenvalue weighted by Crippen LogP contribution is 2.65. The number of aromatic hydroxyl groups is 1. The molecule has 4 unspecified atom stereocenters. The van der Waals surface area contributed by atoms with Gasteiger partial charge in [0.25, 0.3) is 17.4 Å². The lowest BCUT2D eigenvalue weighted by Crippen LogP contribution is -2.59. The third-order valence-corrected chi connectivity index (χ3v) is 13.4. The fraction of sp³-hybridized carbons (Fsp3) is 0.268. The number of aryl methyl sites for hydroxylation is 2. The highest BCUT2D eigenvalue weighted by atomic mass is 35.5. The first kappa shape index (κ1) is 40.9. The number of aromatic nitrogens is 5. The van der Waals surface area contributed by atoms with Crippen LogP contribution in [-0.2, 0) is 36.1 Å². The normalized spacial score (nSPS) is 21.9. The first-order valence-corrected chi connectivity index (χ1v) is 19.4. The van der Waals surface area contributed by atoms with Gasteiger partial charge in [0.1, 0.15) is 17.1 Å². The number of methoxy groups -OCH3 is 2. The molecule has 1 saturated carbocycles. The molecule has 14 nitrogen and oxygen atoms in total. The van der Waals surface area contributed by atoms with Crippen LogP contribution < -0.4 is 31.3 Å². The van der Waals surface area contributed by atoms with E-state index in [0.29, 0.717) is 27.9 Å². The summed E-state index contributed by atoms with van der Waals surface area (Å²) in [5.74, 6) is -17.5. The highest BCUT2D eigenvalue weighted by molar-refractivity contribution is 6.58. The van der Waals surface area contributed by atoms with E-state index in [0.717, 1.165) is 13.9 Å². The van der Waals surface area contributed by atoms with Gasteiger partial charge in [-0.2, -0.15) is 0 Å². The molecule has 1 aliphatic carbocycles. The number of anilines is 1. The molecular weight excluding hydrogens is 870 g/mol. The van der Waals surface area contributed by atoms with Crippen LogP contribution in [0.15, 0.2) is 74.6 Å². The lowest BCUT2D eigenvalue weighted by Gasteiger charge is -2.49. The van der Waals surface area contributed by atoms with E-state index in [-0.39, 0.29) is 40.1 Å². The van der Waals surface area contributed by atoms with Gasteiger partial charge in [0.2, 0.25) is 5.82 Å². The maximum atomic E-state index is 15.5. The second-order valence-corrected chi connectivity index (χ2v) is 16.2. The van der Waals surface area contributed by atoms with E-state index >= 15 is 8.78 Å². The molecule has 2 amide bonds. The molecule has 1 N–H and O–H groups in total. The van der Waals surface area contributed by atoms with Crippen LogP contribution >= 0.6 is 23.2 Å². The number of alkyl halides is 2. The minimum atomic E-state index is -2.88. The third kappa shape index (κ3) is 5.26. The van der Waals surface area contributed by atoms with Gasteiger partial charge in [0.05, 0.1) is 37.8 Å². The number of rotatable bonds is 7. The minimum absolute atomic E-state index is 0.0226. The molecule has 9 rings (SSSR count). The number of hydrogen-bond donors (Lipinski definition) is 1. The predicted molar refractivity (Wildman–Crippen MR) is 213 cm³/mol. The Labute approximate surface area is 354 Å². The largest absolute Gasteiger partial charge is 0.508 e. The van der Waals surface area contributed by atoms with Gasteiger partial charge in [0, 0.05) is 50.0 Å². The van der Waals surface area contributed by atoms with Gasteiger partial charge in [0.15, 0.2) is 44.5 Å². The second kappa shape index (κ2) is 14.0. The lowest BCUT2D eigenvalue weighted by atomic mass is 9.63. The summed E-state index contributed by atoms with van der Waals surface area (Å²) < 4.78 is 89.3. The molecule has 21 heteroatoms. The van der Waals surface area contributed by atoms with Crippen molar-refractivity contribution in [1.29, 1.82) is 0 Å². The summed E-state index contributed by atoms with van der Waals surface area (Å²) in [6.45, 7) is -0.753. The van der Waals surface area contributed by atoms with E-state index in [4.69, 9.17) is 32.7 Å². The summed E-state index contributed by atoms with van der Waals surface area (Å²) in [7, 11) is 4.35. The standard InChI is InChI=1S/C41H29Cl2F5N6O8/c1-50-22-15-26(62-3)25(61-2)14-21(22)49-20(35(50)56)11-12-51-38(59)52-13-10-19-23(54(52)39(51)60)16-40(42)36(57)53(34-32(47)30(45)29(44)31(46)33(34)48)37(58)41(40,43)28(19)27-18-7-5-4-6-17(18)8-9-24(27)55/h4-10,14-15,23,28,55H,11-13,16H2,1-3H3. The number of phenolic OH excluding ortho intramolecular Hbond substituents is 1. The van der Waals surface area contributed by atoms with Crippen molar-refractivity contribution in [1.82, 2.24) is 23.5 Å². The van der Waals surface area contributed by atoms with Crippen LogP contribution in [0.1, 0.15) is 29.6 Å². The quantitative estimate of drug-likeness (QED) is 0.0577. The lowest BCUT2D eigenvalue weighted by molar-refractivity contribution is -0.122. The molecule has 4 heterocycles. The van der Waals surface area contributed by atoms with E-state index in [9.17, 15) is 42.3 Å². The maximum Gasteiger partial charge on any atom is 0.347 e. The summed E-state index contributed by atoms with van der Waals surface area (Å²) in [4.78, 5) is 69.8. The van der Waals surface area contributed by atoms with E-state index in [1.54, 1.807) is 30.3 Å². The van der Waals surface area contributed by atoms with Crippen LogP contribution in [-0.4, -0.2) is 64.4 Å². The smallest absolute Gasteiger partial charge is 0.347 e.